The third-order valence-corrected chi connectivity index (χ3v) is 5.44. The molecule has 0 fully saturated rings. The van der Waals surface area contributed by atoms with Crippen LogP contribution in [-0.2, 0) is 0 Å². The molecule has 3 aromatic rings. The van der Waals surface area contributed by atoms with Crippen LogP contribution in [-0.4, -0.2) is 29.5 Å². The summed E-state index contributed by atoms with van der Waals surface area (Å²) < 4.78 is 0. The second kappa shape index (κ2) is 7.24. The molecule has 0 bridgehead atoms. The van der Waals surface area contributed by atoms with E-state index in [-0.39, 0.29) is 11.8 Å². The molecule has 2 aromatic heterocycles. The van der Waals surface area contributed by atoms with E-state index >= 15 is 0 Å². The van der Waals surface area contributed by atoms with Crippen molar-refractivity contribution in [2.24, 2.45) is 0 Å². The number of carbonyl (C=O) groups excluding carboxylic acids is 1. The number of aromatic nitrogens is 2. The Bertz CT molecular complexity index is 1040. The fourth-order valence-electron chi connectivity index (χ4n) is 3.59. The summed E-state index contributed by atoms with van der Waals surface area (Å²) in [5, 5.41) is 0.385. The van der Waals surface area contributed by atoms with Crippen LogP contribution in [0.2, 0.25) is 5.15 Å². The zero-order chi connectivity index (χ0) is 19.8. The van der Waals surface area contributed by atoms with Gasteiger partial charge in [0.25, 0.3) is 5.91 Å². The predicted molar refractivity (Wildman–Crippen MR) is 113 cm³/mol. The lowest BCUT2D eigenvalue weighted by molar-refractivity contribution is 0.0994. The molecular formula is C22H21ClN4O. The highest BCUT2D eigenvalue weighted by molar-refractivity contribution is 6.29. The standard InChI is InChI=1S/C22H21ClN4O/c1-4-27-20-17(22(28)26(3)18-10-11-19(23)25-21(18)27)12-16(13-24-20)14(2)15-8-6-5-7-9-15/h5-14H,4H2,1-3H3. The number of amides is 1. The van der Waals surface area contributed by atoms with Crippen molar-refractivity contribution in [3.05, 3.63) is 76.6 Å². The van der Waals surface area contributed by atoms with Crippen molar-refractivity contribution in [2.75, 3.05) is 23.4 Å². The first kappa shape index (κ1) is 18.4. The van der Waals surface area contributed by atoms with Crippen LogP contribution in [0, 0.1) is 0 Å². The van der Waals surface area contributed by atoms with E-state index < -0.39 is 0 Å². The number of rotatable bonds is 3. The highest BCUT2D eigenvalue weighted by Gasteiger charge is 2.31. The van der Waals surface area contributed by atoms with Crippen LogP contribution in [0.4, 0.5) is 17.3 Å². The predicted octanol–water partition coefficient (Wildman–Crippen LogP) is 5.03. The maximum absolute atomic E-state index is 13.3. The minimum atomic E-state index is -0.106. The van der Waals surface area contributed by atoms with Crippen LogP contribution in [0.15, 0.2) is 54.7 Å². The smallest absolute Gasteiger partial charge is 0.261 e. The van der Waals surface area contributed by atoms with Gasteiger partial charge < -0.3 is 9.80 Å². The number of halogens is 1. The zero-order valence-corrected chi connectivity index (χ0v) is 16.8. The van der Waals surface area contributed by atoms with Gasteiger partial charge in [0.1, 0.15) is 11.0 Å². The van der Waals surface area contributed by atoms with Crippen LogP contribution in [0.5, 0.6) is 0 Å². The summed E-state index contributed by atoms with van der Waals surface area (Å²) in [6.45, 7) is 4.75. The average Bonchev–Trinajstić information content (AvgIpc) is 2.81. The Morgan fingerprint density at radius 2 is 1.82 bits per heavy atom. The van der Waals surface area contributed by atoms with E-state index in [9.17, 15) is 4.79 Å². The van der Waals surface area contributed by atoms with Crippen molar-refractivity contribution in [1.29, 1.82) is 0 Å². The fraction of sp³-hybridized carbons (Fsp3) is 0.227. The molecule has 1 aliphatic rings. The summed E-state index contributed by atoms with van der Waals surface area (Å²) in [4.78, 5) is 26.0. The van der Waals surface area contributed by atoms with Crippen molar-refractivity contribution in [3.8, 4) is 0 Å². The highest BCUT2D eigenvalue weighted by Crippen LogP contribution is 2.39. The van der Waals surface area contributed by atoms with Gasteiger partial charge in [-0.25, -0.2) is 9.97 Å². The van der Waals surface area contributed by atoms with Crippen molar-refractivity contribution in [1.82, 2.24) is 9.97 Å². The minimum absolute atomic E-state index is 0.106. The lowest BCUT2D eigenvalue weighted by Gasteiger charge is -2.23. The fourth-order valence-corrected chi connectivity index (χ4v) is 3.73. The lowest BCUT2D eigenvalue weighted by Crippen LogP contribution is -2.25. The Balaban J connectivity index is 1.86. The second-order valence-corrected chi connectivity index (χ2v) is 7.24. The van der Waals surface area contributed by atoms with Gasteiger partial charge in [-0.3, -0.25) is 4.79 Å². The molecular weight excluding hydrogens is 372 g/mol. The van der Waals surface area contributed by atoms with Crippen molar-refractivity contribution < 1.29 is 4.79 Å². The Labute approximate surface area is 169 Å². The van der Waals surface area contributed by atoms with Crippen molar-refractivity contribution in [3.63, 3.8) is 0 Å². The molecule has 0 N–H and O–H groups in total. The molecule has 0 spiro atoms. The lowest BCUT2D eigenvalue weighted by atomic mass is 9.93. The molecule has 1 aliphatic heterocycles. The van der Waals surface area contributed by atoms with E-state index in [0.717, 1.165) is 5.56 Å². The summed E-state index contributed by atoms with van der Waals surface area (Å²) in [5.74, 6) is 1.27. The molecule has 0 radical (unpaired) electrons. The Morgan fingerprint density at radius 1 is 1.07 bits per heavy atom. The van der Waals surface area contributed by atoms with Gasteiger partial charge in [0, 0.05) is 25.7 Å². The van der Waals surface area contributed by atoms with Gasteiger partial charge in [0.05, 0.1) is 11.3 Å². The number of anilines is 3. The highest BCUT2D eigenvalue weighted by atomic mass is 35.5. The van der Waals surface area contributed by atoms with E-state index in [1.165, 1.54) is 5.56 Å². The Morgan fingerprint density at radius 3 is 2.54 bits per heavy atom. The molecule has 0 saturated carbocycles. The number of fused-ring (bicyclic) bond motifs is 2. The topological polar surface area (TPSA) is 49.3 Å². The van der Waals surface area contributed by atoms with Crippen LogP contribution >= 0.6 is 11.6 Å². The van der Waals surface area contributed by atoms with E-state index in [1.807, 2.05) is 48.4 Å². The molecule has 4 rings (SSSR count). The van der Waals surface area contributed by atoms with E-state index in [2.05, 4.69) is 29.0 Å². The molecule has 1 amide bonds. The van der Waals surface area contributed by atoms with Crippen LogP contribution in [0.3, 0.4) is 0 Å². The maximum atomic E-state index is 13.3. The molecule has 142 valence electrons. The summed E-state index contributed by atoms with van der Waals surface area (Å²) in [5.41, 5.74) is 3.47. The van der Waals surface area contributed by atoms with E-state index in [0.29, 0.717) is 34.6 Å². The first-order valence-corrected chi connectivity index (χ1v) is 9.66. The number of carbonyl (C=O) groups is 1. The van der Waals surface area contributed by atoms with Gasteiger partial charge in [-0.05, 0) is 36.2 Å². The van der Waals surface area contributed by atoms with Crippen molar-refractivity contribution in [2.45, 2.75) is 19.8 Å². The monoisotopic (exact) mass is 392 g/mol. The Hall–Kier alpha value is -2.92. The number of hydrogen-bond donors (Lipinski definition) is 0. The second-order valence-electron chi connectivity index (χ2n) is 6.86. The molecule has 6 heteroatoms. The molecule has 28 heavy (non-hydrogen) atoms. The van der Waals surface area contributed by atoms with Gasteiger partial charge >= 0.3 is 0 Å². The number of pyridine rings is 2. The van der Waals surface area contributed by atoms with Crippen LogP contribution in [0.25, 0.3) is 0 Å². The van der Waals surface area contributed by atoms with Gasteiger partial charge in [0.2, 0.25) is 0 Å². The molecule has 1 atom stereocenters. The number of hydrogen-bond acceptors (Lipinski definition) is 4. The number of nitrogens with zero attached hydrogens (tertiary/aromatic N) is 4. The quantitative estimate of drug-likeness (QED) is 0.586. The normalized spacial score (nSPS) is 14.4. The van der Waals surface area contributed by atoms with E-state index in [1.54, 1.807) is 18.0 Å². The first-order chi connectivity index (χ1) is 13.5. The van der Waals surface area contributed by atoms with Gasteiger partial charge in [-0.1, -0.05) is 48.9 Å². The molecule has 3 heterocycles. The Kier molecular flexibility index (Phi) is 4.77. The van der Waals surface area contributed by atoms with Crippen LogP contribution in [0.1, 0.15) is 41.3 Å². The summed E-state index contributed by atoms with van der Waals surface area (Å²) >= 11 is 6.14. The summed E-state index contributed by atoms with van der Waals surface area (Å²) in [6, 6.07) is 15.7. The first-order valence-electron chi connectivity index (χ1n) is 9.28. The van der Waals surface area contributed by atoms with Crippen LogP contribution < -0.4 is 9.80 Å². The number of benzene rings is 1. The third-order valence-electron chi connectivity index (χ3n) is 5.23. The molecule has 5 nitrogen and oxygen atoms in total. The van der Waals surface area contributed by atoms with E-state index in [4.69, 9.17) is 11.6 Å². The van der Waals surface area contributed by atoms with Gasteiger partial charge in [0.15, 0.2) is 5.82 Å². The molecule has 1 unspecified atom stereocenters. The van der Waals surface area contributed by atoms with Gasteiger partial charge in [-0.15, -0.1) is 0 Å². The molecule has 0 aliphatic carbocycles. The summed E-state index contributed by atoms with van der Waals surface area (Å²) in [7, 11) is 1.76. The largest absolute Gasteiger partial charge is 0.309 e. The summed E-state index contributed by atoms with van der Waals surface area (Å²) in [6.07, 6.45) is 1.85. The SMILES string of the molecule is CCN1c2ncc(C(C)c3ccccc3)cc2C(=O)N(C)c2ccc(Cl)nc21. The zero-order valence-electron chi connectivity index (χ0n) is 16.1. The maximum Gasteiger partial charge on any atom is 0.261 e. The molecule has 1 aromatic carbocycles. The van der Waals surface area contributed by atoms with Gasteiger partial charge in [-0.2, -0.15) is 0 Å². The third kappa shape index (κ3) is 3.02. The minimum Gasteiger partial charge on any atom is -0.309 e. The average molecular weight is 393 g/mol. The molecule has 0 saturated heterocycles. The van der Waals surface area contributed by atoms with Crippen molar-refractivity contribution >= 4 is 34.8 Å².